The van der Waals surface area contributed by atoms with E-state index in [9.17, 15) is 19.7 Å². The molecule has 142 valence electrons. The topological polar surface area (TPSA) is 105 Å². The maximum Gasteiger partial charge on any atom is 0.374 e. The van der Waals surface area contributed by atoms with Crippen LogP contribution in [-0.4, -0.2) is 30.1 Å². The normalized spacial score (nSPS) is 10.9. The number of esters is 2. The van der Waals surface area contributed by atoms with E-state index in [1.165, 1.54) is 18.2 Å². The first-order chi connectivity index (χ1) is 12.5. The molecule has 0 aromatic heterocycles. The fourth-order valence-electron chi connectivity index (χ4n) is 1.76. The van der Waals surface area contributed by atoms with Crippen molar-refractivity contribution in [2.45, 2.75) is 39.5 Å². The van der Waals surface area contributed by atoms with Gasteiger partial charge in [0.25, 0.3) is 5.69 Å². The minimum atomic E-state index is -0.836. The lowest BCUT2D eigenvalue weighted by Gasteiger charge is -2.10. The van der Waals surface area contributed by atoms with Crippen molar-refractivity contribution in [1.29, 1.82) is 0 Å². The molecule has 26 heavy (non-hydrogen) atoms. The van der Waals surface area contributed by atoms with Crippen molar-refractivity contribution in [3.05, 3.63) is 46.2 Å². The molecular weight excluding hydrogens is 342 g/mol. The monoisotopic (exact) mass is 365 g/mol. The molecule has 0 fully saturated rings. The van der Waals surface area contributed by atoms with Gasteiger partial charge in [0.05, 0.1) is 30.3 Å². The van der Waals surface area contributed by atoms with Crippen molar-refractivity contribution in [1.82, 2.24) is 0 Å². The summed E-state index contributed by atoms with van der Waals surface area (Å²) in [6.45, 7) is 4.29. The Labute approximate surface area is 151 Å². The Kier molecular flexibility index (Phi) is 9.45. The molecule has 0 bridgehead atoms. The SMILES string of the molecule is CCCCOC(=O)/C=C(/Oc1cccc([N+](=O)[O-])c1)C(=O)OCCCC. The quantitative estimate of drug-likeness (QED) is 0.147. The van der Waals surface area contributed by atoms with Crippen LogP contribution < -0.4 is 4.74 Å². The third kappa shape index (κ3) is 7.78. The van der Waals surface area contributed by atoms with E-state index in [-0.39, 0.29) is 30.4 Å². The molecule has 8 nitrogen and oxygen atoms in total. The molecule has 1 rings (SSSR count). The maximum atomic E-state index is 12.1. The average Bonchev–Trinajstić information content (AvgIpc) is 2.61. The largest absolute Gasteiger partial charge is 0.462 e. The molecule has 0 aliphatic heterocycles. The molecule has 0 unspecified atom stereocenters. The molecule has 0 spiro atoms. The van der Waals surface area contributed by atoms with E-state index in [0.29, 0.717) is 12.8 Å². The minimum Gasteiger partial charge on any atom is -0.462 e. The van der Waals surface area contributed by atoms with Crippen LogP contribution in [-0.2, 0) is 19.1 Å². The Morgan fingerprint density at radius 1 is 1.12 bits per heavy atom. The van der Waals surface area contributed by atoms with E-state index in [1.54, 1.807) is 0 Å². The molecule has 0 radical (unpaired) electrons. The first-order valence-corrected chi connectivity index (χ1v) is 8.45. The molecule has 1 aromatic rings. The predicted octanol–water partition coefficient (Wildman–Crippen LogP) is 3.54. The number of non-ortho nitro benzene ring substituents is 1. The summed E-state index contributed by atoms with van der Waals surface area (Å²) in [7, 11) is 0. The van der Waals surface area contributed by atoms with Crippen LogP contribution in [0.3, 0.4) is 0 Å². The summed E-state index contributed by atoms with van der Waals surface area (Å²) in [4.78, 5) is 34.2. The highest BCUT2D eigenvalue weighted by atomic mass is 16.6. The highest BCUT2D eigenvalue weighted by Gasteiger charge is 2.18. The number of nitro benzene ring substituents is 1. The Hall–Kier alpha value is -2.90. The molecule has 0 heterocycles. The number of unbranched alkanes of at least 4 members (excludes halogenated alkanes) is 2. The number of rotatable bonds is 11. The van der Waals surface area contributed by atoms with Gasteiger partial charge in [0.2, 0.25) is 5.76 Å². The Morgan fingerprint density at radius 3 is 2.38 bits per heavy atom. The minimum absolute atomic E-state index is 0.0410. The van der Waals surface area contributed by atoms with Crippen molar-refractivity contribution in [2.75, 3.05) is 13.2 Å². The fraction of sp³-hybridized carbons (Fsp3) is 0.444. The molecular formula is C18H23NO7. The first kappa shape index (κ1) is 21.1. The summed E-state index contributed by atoms with van der Waals surface area (Å²) in [6, 6.07) is 5.28. The summed E-state index contributed by atoms with van der Waals surface area (Å²) < 4.78 is 15.4. The number of nitro groups is 1. The van der Waals surface area contributed by atoms with E-state index in [1.807, 2.05) is 13.8 Å². The summed E-state index contributed by atoms with van der Waals surface area (Å²) in [5.74, 6) is -1.92. The van der Waals surface area contributed by atoms with Crippen LogP contribution >= 0.6 is 0 Å². The third-order valence-corrected chi connectivity index (χ3v) is 3.18. The summed E-state index contributed by atoms with van der Waals surface area (Å²) in [5.41, 5.74) is -0.202. The number of carbonyl (C=O) groups is 2. The van der Waals surface area contributed by atoms with Crippen LogP contribution in [0.15, 0.2) is 36.1 Å². The molecule has 1 aromatic carbocycles. The van der Waals surface area contributed by atoms with Crippen molar-refractivity contribution in [3.8, 4) is 5.75 Å². The van der Waals surface area contributed by atoms with E-state index in [0.717, 1.165) is 25.0 Å². The second-order valence-electron chi connectivity index (χ2n) is 5.38. The molecule has 0 atom stereocenters. The van der Waals surface area contributed by atoms with Gasteiger partial charge in [0, 0.05) is 6.07 Å². The van der Waals surface area contributed by atoms with Gasteiger partial charge in [-0.05, 0) is 18.9 Å². The van der Waals surface area contributed by atoms with Gasteiger partial charge in [-0.15, -0.1) is 0 Å². The summed E-state index contributed by atoms with van der Waals surface area (Å²) in [5, 5.41) is 10.8. The van der Waals surface area contributed by atoms with Gasteiger partial charge in [-0.3, -0.25) is 10.1 Å². The molecule has 8 heteroatoms. The number of carbonyl (C=O) groups excluding carboxylic acids is 2. The van der Waals surface area contributed by atoms with E-state index >= 15 is 0 Å². The lowest BCUT2D eigenvalue weighted by Crippen LogP contribution is -2.16. The Bertz CT molecular complexity index is 655. The van der Waals surface area contributed by atoms with Crippen molar-refractivity contribution >= 4 is 17.6 Å². The number of hydrogen-bond acceptors (Lipinski definition) is 7. The smallest absolute Gasteiger partial charge is 0.374 e. The zero-order chi connectivity index (χ0) is 19.4. The molecule has 0 N–H and O–H groups in total. The number of benzene rings is 1. The van der Waals surface area contributed by atoms with Gasteiger partial charge in [0.15, 0.2) is 0 Å². The van der Waals surface area contributed by atoms with Crippen molar-refractivity contribution in [3.63, 3.8) is 0 Å². The van der Waals surface area contributed by atoms with Crippen LogP contribution in [0, 0.1) is 10.1 Å². The summed E-state index contributed by atoms with van der Waals surface area (Å²) >= 11 is 0. The highest BCUT2D eigenvalue weighted by Crippen LogP contribution is 2.21. The fourth-order valence-corrected chi connectivity index (χ4v) is 1.76. The van der Waals surface area contributed by atoms with E-state index < -0.39 is 16.9 Å². The van der Waals surface area contributed by atoms with Crippen LogP contribution in [0.2, 0.25) is 0 Å². The van der Waals surface area contributed by atoms with Crippen molar-refractivity contribution < 1.29 is 28.7 Å². The van der Waals surface area contributed by atoms with Crippen LogP contribution in [0.1, 0.15) is 39.5 Å². The molecule has 0 amide bonds. The van der Waals surface area contributed by atoms with Gasteiger partial charge in [-0.1, -0.05) is 32.8 Å². The third-order valence-electron chi connectivity index (χ3n) is 3.18. The maximum absolute atomic E-state index is 12.1. The van der Waals surface area contributed by atoms with Crippen molar-refractivity contribution in [2.24, 2.45) is 0 Å². The van der Waals surface area contributed by atoms with Gasteiger partial charge >= 0.3 is 11.9 Å². The highest BCUT2D eigenvalue weighted by molar-refractivity contribution is 5.95. The van der Waals surface area contributed by atoms with Gasteiger partial charge in [-0.2, -0.15) is 0 Å². The van der Waals surface area contributed by atoms with Crippen LogP contribution in [0.25, 0.3) is 0 Å². The Balaban J connectivity index is 2.92. The second-order valence-corrected chi connectivity index (χ2v) is 5.38. The predicted molar refractivity (Wildman–Crippen MR) is 93.5 cm³/mol. The Morgan fingerprint density at radius 2 is 1.77 bits per heavy atom. The number of ether oxygens (including phenoxy) is 3. The van der Waals surface area contributed by atoms with E-state index in [2.05, 4.69) is 0 Å². The first-order valence-electron chi connectivity index (χ1n) is 8.45. The molecule has 0 saturated carbocycles. The number of nitrogens with zero attached hydrogens (tertiary/aromatic N) is 1. The zero-order valence-corrected chi connectivity index (χ0v) is 14.9. The summed E-state index contributed by atoms with van der Waals surface area (Å²) in [6.07, 6.45) is 3.94. The second kappa shape index (κ2) is 11.6. The van der Waals surface area contributed by atoms with E-state index in [4.69, 9.17) is 14.2 Å². The van der Waals surface area contributed by atoms with Gasteiger partial charge in [-0.25, -0.2) is 9.59 Å². The molecule has 0 saturated heterocycles. The van der Waals surface area contributed by atoms with Gasteiger partial charge < -0.3 is 14.2 Å². The number of hydrogen-bond donors (Lipinski definition) is 0. The molecule has 0 aliphatic rings. The average molecular weight is 365 g/mol. The van der Waals surface area contributed by atoms with Crippen LogP contribution in [0.4, 0.5) is 5.69 Å². The van der Waals surface area contributed by atoms with Gasteiger partial charge in [0.1, 0.15) is 5.75 Å². The van der Waals surface area contributed by atoms with Crippen LogP contribution in [0.5, 0.6) is 5.75 Å². The standard InChI is InChI=1S/C18H23NO7/c1-3-5-10-24-17(20)13-16(18(21)25-11-6-4-2)26-15-9-7-8-14(12-15)19(22)23/h7-9,12-13H,3-6,10-11H2,1-2H3/b16-13+. The zero-order valence-electron chi connectivity index (χ0n) is 14.9. The lowest BCUT2D eigenvalue weighted by molar-refractivity contribution is -0.384. The molecule has 0 aliphatic carbocycles. The lowest BCUT2D eigenvalue weighted by atomic mass is 10.3.